The Balaban J connectivity index is 1.90. The van der Waals surface area contributed by atoms with Crippen LogP contribution < -0.4 is 14.4 Å². The van der Waals surface area contributed by atoms with Crippen molar-refractivity contribution in [3.8, 4) is 11.5 Å². The average Bonchev–Trinajstić information content (AvgIpc) is 2.60. The lowest BCUT2D eigenvalue weighted by Crippen LogP contribution is -3.14. The molecule has 1 saturated heterocycles. The Morgan fingerprint density at radius 2 is 2.00 bits per heavy atom. The molecule has 0 radical (unpaired) electrons. The van der Waals surface area contributed by atoms with Crippen LogP contribution in [0.4, 0.5) is 0 Å². The van der Waals surface area contributed by atoms with E-state index in [0.717, 1.165) is 13.1 Å². The van der Waals surface area contributed by atoms with Crippen LogP contribution in [0.15, 0.2) is 18.2 Å². The minimum atomic E-state index is -0.496. The molecule has 23 heavy (non-hydrogen) atoms. The van der Waals surface area contributed by atoms with E-state index in [1.54, 1.807) is 25.3 Å². The fourth-order valence-electron chi connectivity index (χ4n) is 3.00. The predicted molar refractivity (Wildman–Crippen MR) is 88.5 cm³/mol. The lowest BCUT2D eigenvalue weighted by molar-refractivity contribution is -0.908. The lowest BCUT2D eigenvalue weighted by Gasteiger charge is -2.25. The number of piperidine rings is 1. The molecule has 0 saturated carbocycles. The number of hydrogen-bond donors (Lipinski definition) is 2. The molecule has 1 aromatic rings. The van der Waals surface area contributed by atoms with E-state index in [0.29, 0.717) is 30.0 Å². The zero-order valence-corrected chi connectivity index (χ0v) is 14.1. The van der Waals surface area contributed by atoms with E-state index in [9.17, 15) is 9.90 Å². The van der Waals surface area contributed by atoms with E-state index in [1.807, 2.05) is 6.92 Å². The Hall–Kier alpha value is -1.59. The Bertz CT molecular complexity index is 512. The van der Waals surface area contributed by atoms with Gasteiger partial charge in [-0.3, -0.25) is 4.79 Å². The van der Waals surface area contributed by atoms with Crippen molar-refractivity contribution >= 4 is 5.78 Å². The van der Waals surface area contributed by atoms with Crippen LogP contribution in [0.1, 0.15) is 43.0 Å². The van der Waals surface area contributed by atoms with Crippen LogP contribution in [0.3, 0.4) is 0 Å². The van der Waals surface area contributed by atoms with E-state index in [2.05, 4.69) is 0 Å². The first-order valence-corrected chi connectivity index (χ1v) is 8.49. The van der Waals surface area contributed by atoms with E-state index in [4.69, 9.17) is 9.47 Å². The maximum atomic E-state index is 11.7. The molecule has 0 aromatic heterocycles. The fraction of sp³-hybridized carbons (Fsp3) is 0.611. The van der Waals surface area contributed by atoms with Crippen LogP contribution in [0.5, 0.6) is 11.5 Å². The van der Waals surface area contributed by atoms with Crippen LogP contribution in [0.25, 0.3) is 0 Å². The Kier molecular flexibility index (Phi) is 6.86. The highest BCUT2D eigenvalue weighted by Crippen LogP contribution is 2.28. The largest absolute Gasteiger partial charge is 0.493 e. The second-order valence-corrected chi connectivity index (χ2v) is 6.12. The molecule has 5 nitrogen and oxygen atoms in total. The van der Waals surface area contributed by atoms with Crippen molar-refractivity contribution < 1.29 is 24.3 Å². The molecule has 0 spiro atoms. The quantitative estimate of drug-likeness (QED) is 0.704. The summed E-state index contributed by atoms with van der Waals surface area (Å²) in [7, 11) is 1.55. The van der Waals surface area contributed by atoms with Crippen LogP contribution in [-0.2, 0) is 0 Å². The first kappa shape index (κ1) is 17.8. The van der Waals surface area contributed by atoms with Crippen molar-refractivity contribution in [3.05, 3.63) is 23.8 Å². The zero-order valence-electron chi connectivity index (χ0n) is 14.1. The highest BCUT2D eigenvalue weighted by Gasteiger charge is 2.19. The van der Waals surface area contributed by atoms with Gasteiger partial charge in [-0.25, -0.2) is 0 Å². The minimum absolute atomic E-state index is 0.0728. The molecule has 1 aliphatic rings. The third-order valence-electron chi connectivity index (χ3n) is 4.32. The molecule has 1 aromatic carbocycles. The molecular formula is C18H28NO4+. The van der Waals surface area contributed by atoms with Gasteiger partial charge in [0.2, 0.25) is 0 Å². The van der Waals surface area contributed by atoms with Gasteiger partial charge in [-0.05, 0) is 37.5 Å². The number of aliphatic hydroxyl groups excluding tert-OH is 1. The monoisotopic (exact) mass is 322 g/mol. The number of carbonyl (C=O) groups excluding carboxylic acids is 1. The molecule has 0 unspecified atom stereocenters. The van der Waals surface area contributed by atoms with Gasteiger partial charge >= 0.3 is 0 Å². The summed E-state index contributed by atoms with van der Waals surface area (Å²) in [5.74, 6) is 1.17. The van der Waals surface area contributed by atoms with Gasteiger partial charge in [-0.1, -0.05) is 6.92 Å². The number of nitrogens with one attached hydrogen (secondary N) is 1. The highest BCUT2D eigenvalue weighted by atomic mass is 16.5. The maximum Gasteiger partial charge on any atom is 0.162 e. The second-order valence-electron chi connectivity index (χ2n) is 6.12. The molecule has 0 amide bonds. The van der Waals surface area contributed by atoms with Crippen molar-refractivity contribution in [1.29, 1.82) is 0 Å². The van der Waals surface area contributed by atoms with Gasteiger partial charge in [0.1, 0.15) is 19.3 Å². The second kappa shape index (κ2) is 8.89. The summed E-state index contributed by atoms with van der Waals surface area (Å²) in [5.41, 5.74) is 0.620. The average molecular weight is 322 g/mol. The van der Waals surface area contributed by atoms with Crippen molar-refractivity contribution in [2.24, 2.45) is 0 Å². The van der Waals surface area contributed by atoms with Crippen LogP contribution in [0.2, 0.25) is 0 Å². The van der Waals surface area contributed by atoms with Crippen LogP contribution >= 0.6 is 0 Å². The number of ketones is 1. The summed E-state index contributed by atoms with van der Waals surface area (Å²) in [4.78, 5) is 13.2. The summed E-state index contributed by atoms with van der Waals surface area (Å²) < 4.78 is 11.0. The third kappa shape index (κ3) is 5.22. The van der Waals surface area contributed by atoms with Gasteiger partial charge in [0.25, 0.3) is 0 Å². The minimum Gasteiger partial charge on any atom is -0.493 e. The molecule has 5 heteroatoms. The predicted octanol–water partition coefficient (Wildman–Crippen LogP) is 1.10. The number of aliphatic hydroxyl groups is 1. The van der Waals surface area contributed by atoms with Gasteiger partial charge in [0, 0.05) is 12.0 Å². The Labute approximate surface area is 138 Å². The summed E-state index contributed by atoms with van der Waals surface area (Å²) >= 11 is 0. The number of likely N-dealkylation sites (tertiary alicyclic amines) is 1. The normalized spacial score (nSPS) is 16.8. The number of benzene rings is 1. The van der Waals surface area contributed by atoms with Crippen molar-refractivity contribution in [2.75, 3.05) is 33.4 Å². The van der Waals surface area contributed by atoms with Gasteiger partial charge in [-0.2, -0.15) is 0 Å². The van der Waals surface area contributed by atoms with E-state index in [1.165, 1.54) is 24.2 Å². The smallest absolute Gasteiger partial charge is 0.162 e. The number of ether oxygens (including phenoxy) is 2. The number of hydrogen-bond acceptors (Lipinski definition) is 4. The molecular weight excluding hydrogens is 294 g/mol. The molecule has 1 aliphatic heterocycles. The van der Waals surface area contributed by atoms with Crippen molar-refractivity contribution in [2.45, 2.75) is 38.7 Å². The Morgan fingerprint density at radius 3 is 2.65 bits per heavy atom. The van der Waals surface area contributed by atoms with E-state index < -0.39 is 6.10 Å². The number of Topliss-reactive ketones (excluding diaryl/α,β-unsaturated/α-hetero) is 1. The lowest BCUT2D eigenvalue weighted by atomic mass is 10.1. The van der Waals surface area contributed by atoms with Gasteiger partial charge < -0.3 is 19.5 Å². The van der Waals surface area contributed by atoms with E-state index >= 15 is 0 Å². The van der Waals surface area contributed by atoms with Crippen LogP contribution in [-0.4, -0.2) is 50.3 Å². The molecule has 1 atom stereocenters. The number of quaternary nitrogens is 1. The number of rotatable bonds is 8. The van der Waals surface area contributed by atoms with Gasteiger partial charge in [0.05, 0.1) is 20.2 Å². The molecule has 0 bridgehead atoms. The fourth-order valence-corrected chi connectivity index (χ4v) is 3.00. The van der Waals surface area contributed by atoms with Gasteiger partial charge in [-0.15, -0.1) is 0 Å². The SMILES string of the molecule is CCC(=O)c1ccc(OC[C@H](O)C[NH+]2CCCCC2)c(OC)c1. The zero-order chi connectivity index (χ0) is 16.7. The summed E-state index contributed by atoms with van der Waals surface area (Å²) in [6.07, 6.45) is 3.74. The molecule has 128 valence electrons. The topological polar surface area (TPSA) is 60.2 Å². The highest BCUT2D eigenvalue weighted by molar-refractivity contribution is 5.96. The molecule has 1 heterocycles. The number of carbonyl (C=O) groups is 1. The molecule has 2 N–H and O–H groups in total. The standard InChI is InChI=1S/C18H27NO4/c1-3-16(21)14-7-8-17(18(11-14)22-2)23-13-15(20)12-19-9-5-4-6-10-19/h7-8,11,15,20H,3-6,9-10,12-13H2,1-2H3/p+1/t15-/m1/s1. The number of methoxy groups -OCH3 is 1. The van der Waals surface area contributed by atoms with Crippen LogP contribution in [0, 0.1) is 0 Å². The van der Waals surface area contributed by atoms with Crippen molar-refractivity contribution in [3.63, 3.8) is 0 Å². The first-order valence-electron chi connectivity index (χ1n) is 8.49. The Morgan fingerprint density at radius 1 is 1.26 bits per heavy atom. The summed E-state index contributed by atoms with van der Waals surface area (Å²) in [6, 6.07) is 5.18. The molecule has 2 rings (SSSR count). The first-order chi connectivity index (χ1) is 11.1. The third-order valence-corrected chi connectivity index (χ3v) is 4.32. The molecule has 1 fully saturated rings. The summed E-state index contributed by atoms with van der Waals surface area (Å²) in [6.45, 7) is 5.05. The van der Waals surface area contributed by atoms with Gasteiger partial charge in [0.15, 0.2) is 17.3 Å². The summed E-state index contributed by atoms with van der Waals surface area (Å²) in [5, 5.41) is 10.2. The molecule has 0 aliphatic carbocycles. The van der Waals surface area contributed by atoms with Crippen molar-refractivity contribution in [1.82, 2.24) is 0 Å². The van der Waals surface area contributed by atoms with E-state index in [-0.39, 0.29) is 12.4 Å². The maximum absolute atomic E-state index is 11.7.